The second kappa shape index (κ2) is 6.87. The van der Waals surface area contributed by atoms with Crippen LogP contribution in [0.25, 0.3) is 0 Å². The van der Waals surface area contributed by atoms with E-state index >= 15 is 0 Å². The summed E-state index contributed by atoms with van der Waals surface area (Å²) < 4.78 is 26.9. The molecule has 1 rings (SSSR count). The quantitative estimate of drug-likeness (QED) is 0.676. The van der Waals surface area contributed by atoms with Crippen molar-refractivity contribution >= 4 is 10.0 Å². The van der Waals surface area contributed by atoms with Crippen molar-refractivity contribution in [2.24, 2.45) is 5.92 Å². The zero-order valence-corrected chi connectivity index (χ0v) is 12.9. The molecule has 2 atom stereocenters. The van der Waals surface area contributed by atoms with E-state index in [2.05, 4.69) is 23.9 Å². The fourth-order valence-corrected chi connectivity index (χ4v) is 3.00. The molecule has 108 valence electrons. The Morgan fingerprint density at radius 2 is 1.72 bits per heavy atom. The molecular formula is C13H28N2O2S. The summed E-state index contributed by atoms with van der Waals surface area (Å²) >= 11 is 0. The van der Waals surface area contributed by atoms with Gasteiger partial charge in [-0.2, -0.15) is 0 Å². The third kappa shape index (κ3) is 6.16. The van der Waals surface area contributed by atoms with Gasteiger partial charge in [-0.1, -0.05) is 13.8 Å². The van der Waals surface area contributed by atoms with E-state index in [1.165, 1.54) is 12.8 Å². The molecule has 4 nitrogen and oxygen atoms in total. The predicted molar refractivity (Wildman–Crippen MR) is 76.1 cm³/mol. The fourth-order valence-electron chi connectivity index (χ4n) is 1.77. The summed E-state index contributed by atoms with van der Waals surface area (Å²) in [5, 5.41) is 2.91. The van der Waals surface area contributed by atoms with E-state index in [9.17, 15) is 8.42 Å². The summed E-state index contributed by atoms with van der Waals surface area (Å²) in [6, 6.07) is 0.585. The van der Waals surface area contributed by atoms with Crippen LogP contribution in [0.5, 0.6) is 0 Å². The van der Waals surface area contributed by atoms with Gasteiger partial charge in [0.2, 0.25) is 10.0 Å². The molecule has 0 saturated heterocycles. The molecule has 0 aromatic rings. The third-order valence-corrected chi connectivity index (χ3v) is 5.30. The molecule has 18 heavy (non-hydrogen) atoms. The molecule has 1 fully saturated rings. The number of hydrogen-bond acceptors (Lipinski definition) is 3. The molecule has 0 radical (unpaired) electrons. The minimum absolute atomic E-state index is 0.0285. The molecule has 5 heteroatoms. The third-order valence-electron chi connectivity index (χ3n) is 3.34. The second-order valence-electron chi connectivity index (χ2n) is 6.03. The predicted octanol–water partition coefficient (Wildman–Crippen LogP) is 1.87. The number of rotatable bonds is 9. The monoisotopic (exact) mass is 276 g/mol. The Kier molecular flexibility index (Phi) is 6.08. The van der Waals surface area contributed by atoms with Crippen LogP contribution in [-0.4, -0.2) is 32.3 Å². The zero-order valence-electron chi connectivity index (χ0n) is 12.1. The van der Waals surface area contributed by atoms with Gasteiger partial charge in [0, 0.05) is 18.6 Å². The first-order valence-corrected chi connectivity index (χ1v) is 8.60. The summed E-state index contributed by atoms with van der Waals surface area (Å²) in [7, 11) is -3.19. The SMILES string of the molecule is CC(C)CCC(C)NS(=O)(=O)C(C)CNC1CC1. The van der Waals surface area contributed by atoms with E-state index in [0.29, 0.717) is 18.5 Å². The number of nitrogens with one attached hydrogen (secondary N) is 2. The van der Waals surface area contributed by atoms with Gasteiger partial charge in [0.05, 0.1) is 5.25 Å². The summed E-state index contributed by atoms with van der Waals surface area (Å²) in [5.74, 6) is 0.617. The van der Waals surface area contributed by atoms with Gasteiger partial charge in [0.1, 0.15) is 0 Å². The van der Waals surface area contributed by atoms with E-state index in [-0.39, 0.29) is 11.3 Å². The van der Waals surface area contributed by atoms with Crippen LogP contribution in [0.4, 0.5) is 0 Å². The highest BCUT2D eigenvalue weighted by Crippen LogP contribution is 2.18. The minimum Gasteiger partial charge on any atom is -0.313 e. The Balaban J connectivity index is 2.31. The standard InChI is InChI=1S/C13H28N2O2S/c1-10(2)5-6-11(3)15-18(16,17)12(4)9-14-13-7-8-13/h10-15H,5-9H2,1-4H3. The Bertz CT molecular complexity index is 337. The Morgan fingerprint density at radius 1 is 1.11 bits per heavy atom. The lowest BCUT2D eigenvalue weighted by Crippen LogP contribution is -2.43. The Hall–Kier alpha value is -0.130. The van der Waals surface area contributed by atoms with Crippen LogP contribution < -0.4 is 10.0 Å². The van der Waals surface area contributed by atoms with Crippen LogP contribution in [0.1, 0.15) is 53.4 Å². The maximum absolute atomic E-state index is 12.1. The van der Waals surface area contributed by atoms with E-state index in [1.54, 1.807) is 6.92 Å². The topological polar surface area (TPSA) is 58.2 Å². The van der Waals surface area contributed by atoms with E-state index < -0.39 is 10.0 Å². The largest absolute Gasteiger partial charge is 0.313 e. The van der Waals surface area contributed by atoms with Gasteiger partial charge < -0.3 is 5.32 Å². The van der Waals surface area contributed by atoms with E-state index in [1.807, 2.05) is 6.92 Å². The average molecular weight is 276 g/mol. The van der Waals surface area contributed by atoms with Crippen LogP contribution in [0.3, 0.4) is 0 Å². The smallest absolute Gasteiger partial charge is 0.215 e. The molecule has 2 unspecified atom stereocenters. The van der Waals surface area contributed by atoms with Crippen molar-refractivity contribution in [2.75, 3.05) is 6.54 Å². The molecule has 1 aliphatic rings. The van der Waals surface area contributed by atoms with Crippen LogP contribution in [0, 0.1) is 5.92 Å². The number of hydrogen-bond donors (Lipinski definition) is 2. The summed E-state index contributed by atoms with van der Waals surface area (Å²) in [4.78, 5) is 0. The molecule has 0 aromatic heterocycles. The van der Waals surface area contributed by atoms with Crippen LogP contribution in [0.15, 0.2) is 0 Å². The Morgan fingerprint density at radius 3 is 2.22 bits per heavy atom. The van der Waals surface area contributed by atoms with Crippen molar-refractivity contribution in [2.45, 2.75) is 70.7 Å². The lowest BCUT2D eigenvalue weighted by atomic mass is 10.1. The van der Waals surface area contributed by atoms with Crippen LogP contribution >= 0.6 is 0 Å². The van der Waals surface area contributed by atoms with Crippen molar-refractivity contribution in [3.63, 3.8) is 0 Å². The van der Waals surface area contributed by atoms with Gasteiger partial charge in [0.15, 0.2) is 0 Å². The van der Waals surface area contributed by atoms with Crippen molar-refractivity contribution in [3.8, 4) is 0 Å². The highest BCUT2D eigenvalue weighted by molar-refractivity contribution is 7.90. The Labute approximate surface area is 112 Å². The van der Waals surface area contributed by atoms with Gasteiger partial charge in [-0.25, -0.2) is 13.1 Å². The van der Waals surface area contributed by atoms with Gasteiger partial charge in [0.25, 0.3) is 0 Å². The highest BCUT2D eigenvalue weighted by atomic mass is 32.2. The van der Waals surface area contributed by atoms with Gasteiger partial charge in [-0.3, -0.25) is 0 Å². The van der Waals surface area contributed by atoms with Gasteiger partial charge in [-0.15, -0.1) is 0 Å². The van der Waals surface area contributed by atoms with Crippen molar-refractivity contribution < 1.29 is 8.42 Å². The van der Waals surface area contributed by atoms with E-state index in [0.717, 1.165) is 12.8 Å². The van der Waals surface area contributed by atoms with Crippen LogP contribution in [-0.2, 0) is 10.0 Å². The molecule has 1 saturated carbocycles. The van der Waals surface area contributed by atoms with Crippen molar-refractivity contribution in [3.05, 3.63) is 0 Å². The molecule has 0 heterocycles. The van der Waals surface area contributed by atoms with Crippen LogP contribution in [0.2, 0.25) is 0 Å². The number of sulfonamides is 1. The maximum Gasteiger partial charge on any atom is 0.215 e. The molecular weight excluding hydrogens is 248 g/mol. The van der Waals surface area contributed by atoms with Crippen molar-refractivity contribution in [1.82, 2.24) is 10.0 Å². The molecule has 0 bridgehead atoms. The average Bonchev–Trinajstić information content (AvgIpc) is 3.06. The highest BCUT2D eigenvalue weighted by Gasteiger charge is 2.26. The fraction of sp³-hybridized carbons (Fsp3) is 1.00. The lowest BCUT2D eigenvalue weighted by Gasteiger charge is -2.19. The molecule has 2 N–H and O–H groups in total. The molecule has 0 aromatic carbocycles. The molecule has 1 aliphatic carbocycles. The lowest BCUT2D eigenvalue weighted by molar-refractivity contribution is 0.480. The minimum atomic E-state index is -3.19. The molecule has 0 amide bonds. The first-order chi connectivity index (χ1) is 8.31. The van der Waals surface area contributed by atoms with Gasteiger partial charge in [-0.05, 0) is 45.4 Å². The van der Waals surface area contributed by atoms with E-state index in [4.69, 9.17) is 0 Å². The second-order valence-corrected chi connectivity index (χ2v) is 8.16. The normalized spacial score (nSPS) is 20.1. The first kappa shape index (κ1) is 15.9. The summed E-state index contributed by atoms with van der Waals surface area (Å²) in [6.07, 6.45) is 4.33. The molecule has 0 aliphatic heterocycles. The van der Waals surface area contributed by atoms with Crippen molar-refractivity contribution in [1.29, 1.82) is 0 Å². The first-order valence-electron chi connectivity index (χ1n) is 7.05. The summed E-state index contributed by atoms with van der Waals surface area (Å²) in [5.41, 5.74) is 0. The summed E-state index contributed by atoms with van der Waals surface area (Å²) in [6.45, 7) is 8.58. The zero-order chi connectivity index (χ0) is 13.8. The molecule has 0 spiro atoms. The van der Waals surface area contributed by atoms with Gasteiger partial charge >= 0.3 is 0 Å². The maximum atomic E-state index is 12.1.